The van der Waals surface area contributed by atoms with E-state index in [1.807, 2.05) is 43.3 Å². The number of rotatable bonds is 3. The molecule has 1 nitrogen and oxygen atoms in total. The Morgan fingerprint density at radius 3 is 2.44 bits per heavy atom. The average Bonchev–Trinajstić information content (AvgIpc) is 2.33. The third-order valence-corrected chi connectivity index (χ3v) is 2.74. The SMILES string of the molecule is Cc1cc(C=O)ccc1Cc1ccccc1. The second-order valence-electron chi connectivity index (χ2n) is 3.97. The molecule has 1 heteroatoms. The summed E-state index contributed by atoms with van der Waals surface area (Å²) >= 11 is 0. The molecule has 2 aromatic carbocycles. The first-order valence-corrected chi connectivity index (χ1v) is 5.38. The van der Waals surface area contributed by atoms with E-state index in [2.05, 4.69) is 12.1 Å². The summed E-state index contributed by atoms with van der Waals surface area (Å²) in [5, 5.41) is 0. The molecule has 0 unspecified atom stereocenters. The molecule has 0 heterocycles. The Labute approximate surface area is 95.7 Å². The molecule has 0 aliphatic carbocycles. The van der Waals surface area contributed by atoms with Crippen LogP contribution in [0.3, 0.4) is 0 Å². The Kier molecular flexibility index (Phi) is 3.16. The molecule has 2 aromatic rings. The van der Waals surface area contributed by atoms with Gasteiger partial charge in [-0.05, 0) is 36.1 Å². The maximum Gasteiger partial charge on any atom is 0.150 e. The van der Waals surface area contributed by atoms with Gasteiger partial charge in [-0.25, -0.2) is 0 Å². The van der Waals surface area contributed by atoms with Crippen LogP contribution in [0.5, 0.6) is 0 Å². The lowest BCUT2D eigenvalue weighted by atomic mass is 9.99. The van der Waals surface area contributed by atoms with Gasteiger partial charge in [-0.2, -0.15) is 0 Å². The van der Waals surface area contributed by atoms with Crippen LogP contribution in [0.2, 0.25) is 0 Å². The number of aldehydes is 1. The van der Waals surface area contributed by atoms with Gasteiger partial charge in [0.2, 0.25) is 0 Å². The Balaban J connectivity index is 2.25. The predicted octanol–water partition coefficient (Wildman–Crippen LogP) is 3.40. The highest BCUT2D eigenvalue weighted by Gasteiger charge is 2.00. The van der Waals surface area contributed by atoms with Crippen molar-refractivity contribution in [1.29, 1.82) is 0 Å². The number of aryl methyl sites for hydroxylation is 1. The van der Waals surface area contributed by atoms with Crippen LogP contribution in [0.4, 0.5) is 0 Å². The summed E-state index contributed by atoms with van der Waals surface area (Å²) in [5.41, 5.74) is 4.49. The average molecular weight is 210 g/mol. The van der Waals surface area contributed by atoms with Gasteiger partial charge in [-0.3, -0.25) is 4.79 Å². The van der Waals surface area contributed by atoms with Crippen molar-refractivity contribution in [1.82, 2.24) is 0 Å². The highest BCUT2D eigenvalue weighted by molar-refractivity contribution is 5.75. The molecule has 0 aliphatic heterocycles. The van der Waals surface area contributed by atoms with Gasteiger partial charge in [-0.15, -0.1) is 0 Å². The zero-order chi connectivity index (χ0) is 11.4. The molecular weight excluding hydrogens is 196 g/mol. The number of hydrogen-bond acceptors (Lipinski definition) is 1. The molecule has 0 aliphatic rings. The zero-order valence-electron chi connectivity index (χ0n) is 9.31. The van der Waals surface area contributed by atoms with Gasteiger partial charge in [0.05, 0.1) is 0 Å². The van der Waals surface area contributed by atoms with Crippen molar-refractivity contribution in [2.24, 2.45) is 0 Å². The van der Waals surface area contributed by atoms with Crippen molar-refractivity contribution in [2.45, 2.75) is 13.3 Å². The van der Waals surface area contributed by atoms with Crippen LogP contribution in [0, 0.1) is 6.92 Å². The van der Waals surface area contributed by atoms with Crippen LogP contribution in [0.1, 0.15) is 27.0 Å². The molecule has 0 amide bonds. The predicted molar refractivity (Wildman–Crippen MR) is 65.8 cm³/mol. The van der Waals surface area contributed by atoms with Gasteiger partial charge >= 0.3 is 0 Å². The smallest absolute Gasteiger partial charge is 0.150 e. The van der Waals surface area contributed by atoms with E-state index in [0.29, 0.717) is 0 Å². The van der Waals surface area contributed by atoms with Crippen molar-refractivity contribution in [2.75, 3.05) is 0 Å². The molecule has 0 radical (unpaired) electrons. The normalized spacial score (nSPS) is 10.1. The van der Waals surface area contributed by atoms with Crippen LogP contribution in [0.25, 0.3) is 0 Å². The molecule has 0 bridgehead atoms. The second kappa shape index (κ2) is 4.75. The minimum absolute atomic E-state index is 0.745. The van der Waals surface area contributed by atoms with Gasteiger partial charge in [0.1, 0.15) is 6.29 Å². The molecule has 80 valence electrons. The first-order chi connectivity index (χ1) is 7.79. The van der Waals surface area contributed by atoms with E-state index >= 15 is 0 Å². The highest BCUT2D eigenvalue weighted by Crippen LogP contribution is 2.14. The van der Waals surface area contributed by atoms with Gasteiger partial charge in [0.15, 0.2) is 0 Å². The molecule has 0 saturated heterocycles. The summed E-state index contributed by atoms with van der Waals surface area (Å²) in [6.45, 7) is 2.05. The van der Waals surface area contributed by atoms with E-state index in [0.717, 1.165) is 18.3 Å². The van der Waals surface area contributed by atoms with Crippen molar-refractivity contribution in [3.8, 4) is 0 Å². The molecule has 2 rings (SSSR count). The van der Waals surface area contributed by atoms with E-state index in [1.165, 1.54) is 16.7 Å². The first kappa shape index (κ1) is 10.6. The first-order valence-electron chi connectivity index (χ1n) is 5.38. The molecule has 0 spiro atoms. The van der Waals surface area contributed by atoms with Crippen molar-refractivity contribution < 1.29 is 4.79 Å². The van der Waals surface area contributed by atoms with Crippen molar-refractivity contribution >= 4 is 6.29 Å². The Bertz CT molecular complexity index is 486. The zero-order valence-corrected chi connectivity index (χ0v) is 9.31. The summed E-state index contributed by atoms with van der Waals surface area (Å²) < 4.78 is 0. The summed E-state index contributed by atoms with van der Waals surface area (Å²) in [6.07, 6.45) is 1.81. The second-order valence-corrected chi connectivity index (χ2v) is 3.97. The van der Waals surface area contributed by atoms with Crippen LogP contribution in [-0.2, 0) is 6.42 Å². The summed E-state index contributed by atoms with van der Waals surface area (Å²) in [6, 6.07) is 16.2. The quantitative estimate of drug-likeness (QED) is 0.710. The van der Waals surface area contributed by atoms with Gasteiger partial charge in [-0.1, -0.05) is 42.5 Å². The number of hydrogen-bond donors (Lipinski definition) is 0. The number of benzene rings is 2. The van der Waals surface area contributed by atoms with Crippen molar-refractivity contribution in [3.05, 3.63) is 70.8 Å². The Hall–Kier alpha value is -1.89. The fourth-order valence-corrected chi connectivity index (χ4v) is 1.81. The minimum Gasteiger partial charge on any atom is -0.298 e. The van der Waals surface area contributed by atoms with E-state index in [4.69, 9.17) is 0 Å². The molecule has 0 aromatic heterocycles. The highest BCUT2D eigenvalue weighted by atomic mass is 16.1. The fourth-order valence-electron chi connectivity index (χ4n) is 1.81. The maximum atomic E-state index is 10.6. The van der Waals surface area contributed by atoms with E-state index in [1.54, 1.807) is 0 Å². The molecule has 0 N–H and O–H groups in total. The summed E-state index contributed by atoms with van der Waals surface area (Å²) in [5.74, 6) is 0. The van der Waals surface area contributed by atoms with E-state index in [-0.39, 0.29) is 0 Å². The van der Waals surface area contributed by atoms with Crippen LogP contribution < -0.4 is 0 Å². The Morgan fingerprint density at radius 2 is 1.81 bits per heavy atom. The van der Waals surface area contributed by atoms with E-state index < -0.39 is 0 Å². The summed E-state index contributed by atoms with van der Waals surface area (Å²) in [7, 11) is 0. The van der Waals surface area contributed by atoms with Gasteiger partial charge in [0, 0.05) is 5.56 Å². The van der Waals surface area contributed by atoms with Crippen molar-refractivity contribution in [3.63, 3.8) is 0 Å². The van der Waals surface area contributed by atoms with Crippen LogP contribution >= 0.6 is 0 Å². The molecule has 0 atom stereocenters. The fraction of sp³-hybridized carbons (Fsp3) is 0.133. The number of carbonyl (C=O) groups excluding carboxylic acids is 1. The number of carbonyl (C=O) groups is 1. The lowest BCUT2D eigenvalue weighted by molar-refractivity contribution is 0.112. The standard InChI is InChI=1S/C15H14O/c1-12-9-14(11-16)7-8-15(12)10-13-5-3-2-4-6-13/h2-9,11H,10H2,1H3. The molecule has 0 saturated carbocycles. The van der Waals surface area contributed by atoms with Gasteiger partial charge < -0.3 is 0 Å². The van der Waals surface area contributed by atoms with E-state index in [9.17, 15) is 4.79 Å². The topological polar surface area (TPSA) is 17.1 Å². The molecule has 16 heavy (non-hydrogen) atoms. The molecular formula is C15H14O. The Morgan fingerprint density at radius 1 is 1.06 bits per heavy atom. The van der Waals surface area contributed by atoms with Crippen LogP contribution in [0.15, 0.2) is 48.5 Å². The summed E-state index contributed by atoms with van der Waals surface area (Å²) in [4.78, 5) is 10.6. The van der Waals surface area contributed by atoms with Crippen LogP contribution in [-0.4, -0.2) is 6.29 Å². The van der Waals surface area contributed by atoms with Gasteiger partial charge in [0.25, 0.3) is 0 Å². The minimum atomic E-state index is 0.745. The third-order valence-electron chi connectivity index (χ3n) is 2.74. The third kappa shape index (κ3) is 2.37. The maximum absolute atomic E-state index is 10.6. The molecule has 0 fully saturated rings. The monoisotopic (exact) mass is 210 g/mol. The lowest BCUT2D eigenvalue weighted by Crippen LogP contribution is -1.93. The largest absolute Gasteiger partial charge is 0.298 e. The lowest BCUT2D eigenvalue weighted by Gasteiger charge is -2.06.